The minimum atomic E-state index is -0.185. The molecule has 0 radical (unpaired) electrons. The first-order valence-corrected chi connectivity index (χ1v) is 6.73. The fourth-order valence-electron chi connectivity index (χ4n) is 2.88. The quantitative estimate of drug-likeness (QED) is 0.765. The molecule has 3 nitrogen and oxygen atoms in total. The summed E-state index contributed by atoms with van der Waals surface area (Å²) >= 11 is 0. The highest BCUT2D eigenvalue weighted by Crippen LogP contribution is 2.45. The Hall–Kier alpha value is -0.570. The molecule has 92 valence electrons. The van der Waals surface area contributed by atoms with E-state index in [0.29, 0.717) is 18.5 Å². The molecular weight excluding hydrogens is 200 g/mol. The van der Waals surface area contributed by atoms with E-state index in [2.05, 4.69) is 12.2 Å². The van der Waals surface area contributed by atoms with Gasteiger partial charge in [-0.05, 0) is 31.6 Å². The number of hydrogen-bond acceptors (Lipinski definition) is 2. The molecule has 16 heavy (non-hydrogen) atoms. The number of hydrogen-bond donors (Lipinski definition) is 2. The van der Waals surface area contributed by atoms with E-state index < -0.39 is 0 Å². The summed E-state index contributed by atoms with van der Waals surface area (Å²) in [6, 6.07) is 0.412. The van der Waals surface area contributed by atoms with Gasteiger partial charge in [0, 0.05) is 12.6 Å². The predicted octanol–water partition coefficient (Wildman–Crippen LogP) is 1.81. The fraction of sp³-hybridized carbons (Fsp3) is 0.923. The maximum Gasteiger partial charge on any atom is 0.227 e. The predicted molar refractivity (Wildman–Crippen MR) is 64.9 cm³/mol. The smallest absolute Gasteiger partial charge is 0.227 e. The Morgan fingerprint density at radius 1 is 1.38 bits per heavy atom. The van der Waals surface area contributed by atoms with Crippen LogP contribution in [0, 0.1) is 11.3 Å². The van der Waals surface area contributed by atoms with Gasteiger partial charge in [0.05, 0.1) is 5.41 Å². The van der Waals surface area contributed by atoms with Crippen LogP contribution in [0.2, 0.25) is 0 Å². The third kappa shape index (κ3) is 2.24. The molecular formula is C13H24N2O. The first-order valence-electron chi connectivity index (χ1n) is 6.73. The number of nitrogens with two attached hydrogens (primary N) is 1. The molecule has 0 aliphatic heterocycles. The van der Waals surface area contributed by atoms with Crippen LogP contribution < -0.4 is 11.1 Å². The number of amides is 1. The Morgan fingerprint density at radius 2 is 2.06 bits per heavy atom. The number of carbonyl (C=O) groups excluding carboxylic acids is 1. The Morgan fingerprint density at radius 3 is 2.62 bits per heavy atom. The van der Waals surface area contributed by atoms with Gasteiger partial charge in [0.1, 0.15) is 0 Å². The van der Waals surface area contributed by atoms with Gasteiger partial charge in [-0.2, -0.15) is 0 Å². The van der Waals surface area contributed by atoms with Crippen molar-refractivity contribution < 1.29 is 4.79 Å². The fourth-order valence-corrected chi connectivity index (χ4v) is 2.88. The molecule has 0 bridgehead atoms. The van der Waals surface area contributed by atoms with E-state index in [9.17, 15) is 4.79 Å². The monoisotopic (exact) mass is 224 g/mol. The number of rotatable bonds is 4. The molecule has 2 fully saturated rings. The molecule has 2 saturated carbocycles. The van der Waals surface area contributed by atoms with E-state index >= 15 is 0 Å². The summed E-state index contributed by atoms with van der Waals surface area (Å²) in [5.74, 6) is 0.909. The van der Waals surface area contributed by atoms with E-state index in [1.54, 1.807) is 0 Å². The summed E-state index contributed by atoms with van der Waals surface area (Å²) in [5, 5.41) is 3.25. The van der Waals surface area contributed by atoms with Gasteiger partial charge in [0.2, 0.25) is 5.91 Å². The van der Waals surface area contributed by atoms with Crippen molar-refractivity contribution in [3.05, 3.63) is 0 Å². The van der Waals surface area contributed by atoms with Crippen molar-refractivity contribution in [3.63, 3.8) is 0 Å². The third-order valence-electron chi connectivity index (χ3n) is 4.48. The first-order chi connectivity index (χ1) is 7.72. The van der Waals surface area contributed by atoms with Crippen LogP contribution in [-0.4, -0.2) is 18.5 Å². The minimum absolute atomic E-state index is 0.185. The second-order valence-electron chi connectivity index (χ2n) is 5.52. The van der Waals surface area contributed by atoms with Crippen LogP contribution in [0.1, 0.15) is 51.9 Å². The van der Waals surface area contributed by atoms with E-state index in [0.717, 1.165) is 19.3 Å². The maximum atomic E-state index is 12.1. The molecule has 3 N–H and O–H groups in total. The molecule has 2 unspecified atom stereocenters. The lowest BCUT2D eigenvalue weighted by Crippen LogP contribution is -2.46. The standard InChI is InChI=1S/C13H24N2O/c1-2-10-5-3-4-6-11(10)15-12(16)13(9-14)7-8-13/h10-11H,2-9,14H2,1H3,(H,15,16). The molecule has 0 spiro atoms. The normalized spacial score (nSPS) is 32.1. The van der Waals surface area contributed by atoms with Crippen LogP contribution in [0.15, 0.2) is 0 Å². The summed E-state index contributed by atoms with van der Waals surface area (Å²) in [4.78, 5) is 12.1. The summed E-state index contributed by atoms with van der Waals surface area (Å²) < 4.78 is 0. The van der Waals surface area contributed by atoms with Gasteiger partial charge < -0.3 is 11.1 Å². The van der Waals surface area contributed by atoms with Gasteiger partial charge in [-0.1, -0.05) is 26.2 Å². The topological polar surface area (TPSA) is 55.1 Å². The highest BCUT2D eigenvalue weighted by atomic mass is 16.2. The molecule has 0 heterocycles. The lowest BCUT2D eigenvalue weighted by Gasteiger charge is -2.32. The summed E-state index contributed by atoms with van der Waals surface area (Å²) in [7, 11) is 0. The van der Waals surface area contributed by atoms with Gasteiger partial charge in [-0.15, -0.1) is 0 Å². The lowest BCUT2D eigenvalue weighted by atomic mass is 9.82. The van der Waals surface area contributed by atoms with Gasteiger partial charge in [0.25, 0.3) is 0 Å². The highest BCUT2D eigenvalue weighted by Gasteiger charge is 2.49. The van der Waals surface area contributed by atoms with E-state index in [1.165, 1.54) is 25.7 Å². The van der Waals surface area contributed by atoms with Crippen LogP contribution in [0.25, 0.3) is 0 Å². The number of nitrogens with one attached hydrogen (secondary N) is 1. The average molecular weight is 224 g/mol. The van der Waals surface area contributed by atoms with Gasteiger partial charge in [-0.25, -0.2) is 0 Å². The molecule has 2 aliphatic rings. The SMILES string of the molecule is CCC1CCCCC1NC(=O)C1(CN)CC1. The molecule has 2 aliphatic carbocycles. The maximum absolute atomic E-state index is 12.1. The van der Waals surface area contributed by atoms with Crippen molar-refractivity contribution in [1.82, 2.24) is 5.32 Å². The second-order valence-corrected chi connectivity index (χ2v) is 5.52. The van der Waals surface area contributed by atoms with Gasteiger partial charge >= 0.3 is 0 Å². The first kappa shape index (κ1) is 11.9. The third-order valence-corrected chi connectivity index (χ3v) is 4.48. The van der Waals surface area contributed by atoms with Crippen molar-refractivity contribution in [2.24, 2.45) is 17.1 Å². The Bertz CT molecular complexity index is 261. The summed E-state index contributed by atoms with van der Waals surface area (Å²) in [5.41, 5.74) is 5.50. The zero-order chi connectivity index (χ0) is 11.6. The van der Waals surface area contributed by atoms with Crippen LogP contribution in [0.4, 0.5) is 0 Å². The van der Waals surface area contributed by atoms with E-state index in [1.807, 2.05) is 0 Å². The van der Waals surface area contributed by atoms with Crippen molar-refractivity contribution in [3.8, 4) is 0 Å². The van der Waals surface area contributed by atoms with Crippen LogP contribution in [0.5, 0.6) is 0 Å². The Kier molecular flexibility index (Phi) is 3.53. The van der Waals surface area contributed by atoms with Gasteiger partial charge in [-0.3, -0.25) is 4.79 Å². The van der Waals surface area contributed by atoms with Crippen molar-refractivity contribution in [1.29, 1.82) is 0 Å². The molecule has 3 heteroatoms. The molecule has 2 atom stereocenters. The van der Waals surface area contributed by atoms with Crippen LogP contribution in [-0.2, 0) is 4.79 Å². The molecule has 0 saturated heterocycles. The van der Waals surface area contributed by atoms with Gasteiger partial charge in [0.15, 0.2) is 0 Å². The molecule has 2 rings (SSSR count). The van der Waals surface area contributed by atoms with Crippen molar-refractivity contribution in [2.45, 2.75) is 57.9 Å². The molecule has 0 aromatic rings. The molecule has 0 aromatic heterocycles. The second kappa shape index (κ2) is 4.74. The lowest BCUT2D eigenvalue weighted by molar-refractivity contribution is -0.127. The van der Waals surface area contributed by atoms with Crippen LogP contribution in [0.3, 0.4) is 0 Å². The zero-order valence-corrected chi connectivity index (χ0v) is 10.3. The van der Waals surface area contributed by atoms with Crippen molar-refractivity contribution >= 4 is 5.91 Å². The van der Waals surface area contributed by atoms with Crippen LogP contribution >= 0.6 is 0 Å². The van der Waals surface area contributed by atoms with E-state index in [4.69, 9.17) is 5.73 Å². The summed E-state index contributed by atoms with van der Waals surface area (Å²) in [6.45, 7) is 2.74. The number of carbonyl (C=O) groups is 1. The molecule has 1 amide bonds. The summed E-state index contributed by atoms with van der Waals surface area (Å²) in [6.07, 6.45) is 8.17. The minimum Gasteiger partial charge on any atom is -0.353 e. The zero-order valence-electron chi connectivity index (χ0n) is 10.3. The van der Waals surface area contributed by atoms with E-state index in [-0.39, 0.29) is 11.3 Å². The average Bonchev–Trinajstić information content (AvgIpc) is 3.10. The Balaban J connectivity index is 1.90. The largest absolute Gasteiger partial charge is 0.353 e. The molecule has 0 aromatic carbocycles. The highest BCUT2D eigenvalue weighted by molar-refractivity contribution is 5.85. The van der Waals surface area contributed by atoms with Crippen molar-refractivity contribution in [2.75, 3.05) is 6.54 Å². The Labute approximate surface area is 98.2 Å².